The van der Waals surface area contributed by atoms with E-state index in [0.29, 0.717) is 12.3 Å². The lowest BCUT2D eigenvalue weighted by Crippen LogP contribution is -2.43. The molecule has 0 bridgehead atoms. The number of aryl methyl sites for hydroxylation is 1. The van der Waals surface area contributed by atoms with E-state index in [2.05, 4.69) is 10.6 Å². The second-order valence-electron chi connectivity index (χ2n) is 6.23. The summed E-state index contributed by atoms with van der Waals surface area (Å²) >= 11 is 0. The molecule has 2 aromatic rings. The molecule has 1 aromatic carbocycles. The Balaban J connectivity index is 1.90. The maximum Gasteiger partial charge on any atom is 0.309 e. The van der Waals surface area contributed by atoms with Gasteiger partial charge in [0.05, 0.1) is 13.2 Å². The van der Waals surface area contributed by atoms with Gasteiger partial charge >= 0.3 is 11.8 Å². The molecule has 0 spiro atoms. The largest absolute Gasteiger partial charge is 0.496 e. The van der Waals surface area contributed by atoms with Gasteiger partial charge in [-0.15, -0.1) is 0 Å². The molecule has 0 aliphatic rings. The van der Waals surface area contributed by atoms with Gasteiger partial charge in [0.1, 0.15) is 5.75 Å². The first-order valence-corrected chi connectivity index (χ1v) is 8.39. The standard InChI is InChI=1S/C19H26N4O3/c1-22(2)16(15-9-7-11-23(15)3)13-21-19(25)18(24)20-12-14-8-5-6-10-17(14)26-4/h5-11,16H,12-13H2,1-4H3,(H,20,24)(H,21,25)/t16-/m0/s1. The van der Waals surface area contributed by atoms with Crippen molar-refractivity contribution >= 4 is 11.8 Å². The van der Waals surface area contributed by atoms with E-state index in [0.717, 1.165) is 11.3 Å². The van der Waals surface area contributed by atoms with Crippen LogP contribution in [0.25, 0.3) is 0 Å². The number of aromatic nitrogens is 1. The van der Waals surface area contributed by atoms with Gasteiger partial charge in [-0.1, -0.05) is 18.2 Å². The van der Waals surface area contributed by atoms with Crippen LogP contribution in [0.15, 0.2) is 42.6 Å². The summed E-state index contributed by atoms with van der Waals surface area (Å²) in [4.78, 5) is 26.2. The summed E-state index contributed by atoms with van der Waals surface area (Å²) in [5.74, 6) is -0.647. The third-order valence-corrected chi connectivity index (χ3v) is 4.24. The Morgan fingerprint density at radius 3 is 2.42 bits per heavy atom. The van der Waals surface area contributed by atoms with Crippen LogP contribution in [-0.2, 0) is 23.2 Å². The Labute approximate surface area is 153 Å². The number of nitrogens with zero attached hydrogens (tertiary/aromatic N) is 2. The SMILES string of the molecule is COc1ccccc1CNC(=O)C(=O)NC[C@@H](c1cccn1C)N(C)C. The molecule has 7 heteroatoms. The van der Waals surface area contributed by atoms with Crippen molar-refractivity contribution in [2.24, 2.45) is 7.05 Å². The van der Waals surface area contributed by atoms with Gasteiger partial charge in [0.2, 0.25) is 0 Å². The molecule has 0 fully saturated rings. The second-order valence-corrected chi connectivity index (χ2v) is 6.23. The number of nitrogens with one attached hydrogen (secondary N) is 2. The number of hydrogen-bond donors (Lipinski definition) is 2. The van der Waals surface area contributed by atoms with Crippen molar-refractivity contribution in [3.63, 3.8) is 0 Å². The van der Waals surface area contributed by atoms with Gasteiger partial charge < -0.3 is 19.9 Å². The minimum Gasteiger partial charge on any atom is -0.496 e. The van der Waals surface area contributed by atoms with Crippen molar-refractivity contribution in [1.82, 2.24) is 20.1 Å². The zero-order valence-electron chi connectivity index (χ0n) is 15.7. The summed E-state index contributed by atoms with van der Waals surface area (Å²) in [5.41, 5.74) is 1.87. The summed E-state index contributed by atoms with van der Waals surface area (Å²) in [5, 5.41) is 5.33. The van der Waals surface area contributed by atoms with Crippen molar-refractivity contribution in [1.29, 1.82) is 0 Å². The van der Waals surface area contributed by atoms with E-state index in [-0.39, 0.29) is 12.6 Å². The second kappa shape index (κ2) is 9.05. The summed E-state index contributed by atoms with van der Waals surface area (Å²) in [7, 11) is 7.39. The van der Waals surface area contributed by atoms with Gasteiger partial charge in [0, 0.05) is 37.6 Å². The van der Waals surface area contributed by atoms with E-state index in [4.69, 9.17) is 4.74 Å². The summed E-state index contributed by atoms with van der Waals surface area (Å²) < 4.78 is 7.23. The highest BCUT2D eigenvalue weighted by Gasteiger charge is 2.20. The van der Waals surface area contributed by atoms with E-state index in [1.165, 1.54) is 0 Å². The maximum absolute atomic E-state index is 12.1. The molecular weight excluding hydrogens is 332 g/mol. The monoisotopic (exact) mass is 358 g/mol. The zero-order valence-corrected chi connectivity index (χ0v) is 15.7. The number of carbonyl (C=O) groups is 2. The summed E-state index contributed by atoms with van der Waals surface area (Å²) in [6, 6.07) is 11.3. The number of amides is 2. The third-order valence-electron chi connectivity index (χ3n) is 4.24. The smallest absolute Gasteiger partial charge is 0.309 e. The predicted molar refractivity (Wildman–Crippen MR) is 99.7 cm³/mol. The van der Waals surface area contributed by atoms with Crippen molar-refractivity contribution in [3.05, 3.63) is 53.9 Å². The van der Waals surface area contributed by atoms with E-state index >= 15 is 0 Å². The van der Waals surface area contributed by atoms with Crippen molar-refractivity contribution in [2.75, 3.05) is 27.7 Å². The van der Waals surface area contributed by atoms with Crippen molar-refractivity contribution in [3.8, 4) is 5.75 Å². The first-order chi connectivity index (χ1) is 12.4. The molecule has 7 nitrogen and oxygen atoms in total. The number of rotatable bonds is 7. The van der Waals surface area contributed by atoms with Gasteiger partial charge in [0.25, 0.3) is 0 Å². The van der Waals surface area contributed by atoms with E-state index in [1.807, 2.05) is 73.2 Å². The van der Waals surface area contributed by atoms with Crippen molar-refractivity contribution in [2.45, 2.75) is 12.6 Å². The maximum atomic E-state index is 12.1. The minimum atomic E-state index is -0.666. The lowest BCUT2D eigenvalue weighted by atomic mass is 10.2. The van der Waals surface area contributed by atoms with Crippen LogP contribution >= 0.6 is 0 Å². The Kier molecular flexibility index (Phi) is 6.80. The number of likely N-dealkylation sites (N-methyl/N-ethyl adjacent to an activating group) is 1. The Bertz CT molecular complexity index is 755. The number of ether oxygens (including phenoxy) is 1. The highest BCUT2D eigenvalue weighted by molar-refractivity contribution is 6.35. The summed E-state index contributed by atoms with van der Waals surface area (Å²) in [6.45, 7) is 0.566. The van der Waals surface area contributed by atoms with Gasteiger partial charge in [-0.3, -0.25) is 14.5 Å². The van der Waals surface area contributed by atoms with Gasteiger partial charge in [-0.05, 0) is 32.3 Å². The molecule has 1 atom stereocenters. The molecule has 2 amide bonds. The lowest BCUT2D eigenvalue weighted by Gasteiger charge is -2.25. The molecule has 0 radical (unpaired) electrons. The highest BCUT2D eigenvalue weighted by atomic mass is 16.5. The topological polar surface area (TPSA) is 75.6 Å². The molecule has 1 heterocycles. The van der Waals surface area contributed by atoms with Crippen LogP contribution < -0.4 is 15.4 Å². The Morgan fingerprint density at radius 2 is 1.81 bits per heavy atom. The molecule has 2 rings (SSSR count). The third kappa shape index (κ3) is 4.86. The van der Waals surface area contributed by atoms with Crippen LogP contribution in [-0.4, -0.2) is 49.0 Å². The van der Waals surface area contributed by atoms with E-state index in [9.17, 15) is 9.59 Å². The zero-order chi connectivity index (χ0) is 19.1. The molecule has 0 aliphatic carbocycles. The summed E-state index contributed by atoms with van der Waals surface area (Å²) in [6.07, 6.45) is 1.95. The quantitative estimate of drug-likeness (QED) is 0.726. The average Bonchev–Trinajstić information content (AvgIpc) is 3.05. The molecule has 140 valence electrons. The fourth-order valence-corrected chi connectivity index (χ4v) is 2.75. The first kappa shape index (κ1) is 19.5. The molecule has 0 saturated carbocycles. The Hall–Kier alpha value is -2.80. The van der Waals surface area contributed by atoms with E-state index < -0.39 is 11.8 Å². The Morgan fingerprint density at radius 1 is 1.12 bits per heavy atom. The van der Waals surface area contributed by atoms with Crippen LogP contribution in [0.3, 0.4) is 0 Å². The fourth-order valence-electron chi connectivity index (χ4n) is 2.75. The van der Waals surface area contributed by atoms with E-state index in [1.54, 1.807) is 7.11 Å². The van der Waals surface area contributed by atoms with Crippen LogP contribution in [0, 0.1) is 0 Å². The average molecular weight is 358 g/mol. The molecule has 1 aromatic heterocycles. The molecule has 0 unspecified atom stereocenters. The van der Waals surface area contributed by atoms with Gasteiger partial charge in [0.15, 0.2) is 0 Å². The highest BCUT2D eigenvalue weighted by Crippen LogP contribution is 2.18. The van der Waals surface area contributed by atoms with Crippen LogP contribution in [0.4, 0.5) is 0 Å². The van der Waals surface area contributed by atoms with Crippen molar-refractivity contribution < 1.29 is 14.3 Å². The molecule has 0 aliphatic heterocycles. The number of hydrogen-bond acceptors (Lipinski definition) is 4. The number of carbonyl (C=O) groups excluding carboxylic acids is 2. The molecular formula is C19H26N4O3. The molecule has 26 heavy (non-hydrogen) atoms. The minimum absolute atomic E-state index is 0.0269. The van der Waals surface area contributed by atoms with Crippen LogP contribution in [0.2, 0.25) is 0 Å². The number of para-hydroxylation sites is 1. The number of methoxy groups -OCH3 is 1. The van der Waals surface area contributed by atoms with Crippen LogP contribution in [0.1, 0.15) is 17.3 Å². The predicted octanol–water partition coefficient (Wildman–Crippen LogP) is 1.07. The van der Waals surface area contributed by atoms with Gasteiger partial charge in [-0.25, -0.2) is 0 Å². The fraction of sp³-hybridized carbons (Fsp3) is 0.368. The number of benzene rings is 1. The molecule has 0 saturated heterocycles. The van der Waals surface area contributed by atoms with Crippen LogP contribution in [0.5, 0.6) is 5.75 Å². The normalized spacial score (nSPS) is 11.9. The molecule has 2 N–H and O–H groups in total. The lowest BCUT2D eigenvalue weighted by molar-refractivity contribution is -0.139. The first-order valence-electron chi connectivity index (χ1n) is 8.39. The van der Waals surface area contributed by atoms with Gasteiger partial charge in [-0.2, -0.15) is 0 Å².